The first kappa shape index (κ1) is 66.3. The molecule has 0 spiro atoms. The molecule has 1 unspecified atom stereocenters. The molecule has 0 aromatic carbocycles. The average molecular weight is 974 g/mol. The summed E-state index contributed by atoms with van der Waals surface area (Å²) in [4.78, 5) is 38.2. The molecule has 0 radical (unpaired) electrons. The van der Waals surface area contributed by atoms with Crippen LogP contribution in [0.25, 0.3) is 0 Å². The van der Waals surface area contributed by atoms with Crippen molar-refractivity contribution >= 4 is 17.9 Å². The molecule has 1 atom stereocenters. The maximum Gasteiger partial charge on any atom is 0.306 e. The van der Waals surface area contributed by atoms with Crippen molar-refractivity contribution in [3.8, 4) is 0 Å². The summed E-state index contributed by atoms with van der Waals surface area (Å²) in [7, 11) is 0. The van der Waals surface area contributed by atoms with Crippen molar-refractivity contribution in [2.24, 2.45) is 0 Å². The number of hydrogen-bond donors (Lipinski definition) is 0. The van der Waals surface area contributed by atoms with E-state index < -0.39 is 6.10 Å². The van der Waals surface area contributed by atoms with Crippen LogP contribution in [0.5, 0.6) is 0 Å². The van der Waals surface area contributed by atoms with Gasteiger partial charge in [0.15, 0.2) is 6.10 Å². The van der Waals surface area contributed by atoms with Gasteiger partial charge in [-0.15, -0.1) is 0 Å². The van der Waals surface area contributed by atoms with Gasteiger partial charge in [0.2, 0.25) is 0 Å². The summed E-state index contributed by atoms with van der Waals surface area (Å²) in [6.45, 7) is 6.45. The fraction of sp³-hybridized carbons (Fsp3) is 0.703. The van der Waals surface area contributed by atoms with E-state index in [-0.39, 0.29) is 31.1 Å². The largest absolute Gasteiger partial charge is 0.462 e. The Morgan fingerprint density at radius 3 is 0.943 bits per heavy atom. The van der Waals surface area contributed by atoms with Crippen LogP contribution in [0.2, 0.25) is 0 Å². The Hall–Kier alpha value is -3.67. The first-order valence-corrected chi connectivity index (χ1v) is 29.3. The molecule has 400 valence electrons. The molecule has 0 heterocycles. The van der Waals surface area contributed by atoms with Gasteiger partial charge < -0.3 is 14.2 Å². The van der Waals surface area contributed by atoms with E-state index in [9.17, 15) is 14.4 Å². The van der Waals surface area contributed by atoms with Gasteiger partial charge >= 0.3 is 17.9 Å². The number of unbranched alkanes of at least 4 members (excludes halogenated alkanes) is 30. The van der Waals surface area contributed by atoms with Gasteiger partial charge in [0, 0.05) is 19.3 Å². The third-order valence-electron chi connectivity index (χ3n) is 12.4. The first-order valence-electron chi connectivity index (χ1n) is 29.3. The molecule has 6 nitrogen and oxygen atoms in total. The molecule has 0 bridgehead atoms. The zero-order valence-corrected chi connectivity index (χ0v) is 45.8. The predicted octanol–water partition coefficient (Wildman–Crippen LogP) is 19.7. The smallest absolute Gasteiger partial charge is 0.306 e. The number of carbonyl (C=O) groups is 3. The van der Waals surface area contributed by atoms with E-state index >= 15 is 0 Å². The molecule has 0 aromatic rings. The van der Waals surface area contributed by atoms with Crippen LogP contribution in [0, 0.1) is 0 Å². The Labute approximate surface area is 432 Å². The van der Waals surface area contributed by atoms with E-state index in [0.29, 0.717) is 19.3 Å². The molecule has 0 aromatic heterocycles. The Kier molecular flexibility index (Phi) is 54.9. The third-order valence-corrected chi connectivity index (χ3v) is 12.4. The molecular weight excluding hydrogens is 865 g/mol. The second-order valence-electron chi connectivity index (χ2n) is 19.3. The summed E-state index contributed by atoms with van der Waals surface area (Å²) in [5, 5.41) is 0. The van der Waals surface area contributed by atoms with Gasteiger partial charge in [-0.3, -0.25) is 14.4 Å². The van der Waals surface area contributed by atoms with Crippen LogP contribution in [0.3, 0.4) is 0 Å². The van der Waals surface area contributed by atoms with Crippen molar-refractivity contribution in [3.63, 3.8) is 0 Å². The number of rotatable bonds is 52. The van der Waals surface area contributed by atoms with Crippen LogP contribution in [0.4, 0.5) is 0 Å². The lowest BCUT2D eigenvalue weighted by molar-refractivity contribution is -0.167. The minimum atomic E-state index is -0.807. The molecule has 6 heteroatoms. The molecule has 0 saturated carbocycles. The molecule has 0 aliphatic carbocycles. The molecule has 70 heavy (non-hydrogen) atoms. The lowest BCUT2D eigenvalue weighted by Crippen LogP contribution is -2.30. The van der Waals surface area contributed by atoms with Crippen LogP contribution in [-0.2, 0) is 28.6 Å². The van der Waals surface area contributed by atoms with Crippen molar-refractivity contribution in [1.29, 1.82) is 0 Å². The van der Waals surface area contributed by atoms with Gasteiger partial charge in [-0.1, -0.05) is 259 Å². The van der Waals surface area contributed by atoms with Crippen LogP contribution in [-0.4, -0.2) is 37.2 Å². The third kappa shape index (κ3) is 55.3. The minimum absolute atomic E-state index is 0.100. The highest BCUT2D eigenvalue weighted by molar-refractivity contribution is 5.71. The quantitative estimate of drug-likeness (QED) is 0.0199. The van der Waals surface area contributed by atoms with E-state index in [2.05, 4.69) is 69.4 Å². The van der Waals surface area contributed by atoms with Crippen LogP contribution in [0.15, 0.2) is 97.2 Å². The SMILES string of the molecule is CC\C=C/C=C\C=C/C=C\C=C/CCCCCC(=O)OCC(COC(=O)CCCCCCCCC/C=C\CCCCCCCCCC)OC(=O)CCCCCCC/C=C\C=C/CCCCCCCCC. The molecule has 0 aliphatic rings. The highest BCUT2D eigenvalue weighted by atomic mass is 16.6. The van der Waals surface area contributed by atoms with Gasteiger partial charge in [0.25, 0.3) is 0 Å². The summed E-state index contributed by atoms with van der Waals surface area (Å²) < 4.78 is 16.8. The predicted molar refractivity (Wildman–Crippen MR) is 302 cm³/mol. The Morgan fingerprint density at radius 2 is 0.571 bits per heavy atom. The fourth-order valence-corrected chi connectivity index (χ4v) is 8.04. The summed E-state index contributed by atoms with van der Waals surface area (Å²) in [6.07, 6.45) is 76.8. The number of hydrogen-bond acceptors (Lipinski definition) is 6. The number of esters is 3. The topological polar surface area (TPSA) is 78.9 Å². The number of carbonyl (C=O) groups excluding carboxylic acids is 3. The maximum absolute atomic E-state index is 12.9. The van der Waals surface area contributed by atoms with E-state index in [0.717, 1.165) is 89.9 Å². The van der Waals surface area contributed by atoms with Crippen molar-refractivity contribution in [1.82, 2.24) is 0 Å². The highest BCUT2D eigenvalue weighted by Gasteiger charge is 2.19. The van der Waals surface area contributed by atoms with Gasteiger partial charge in [0.05, 0.1) is 0 Å². The standard InChI is InChI=1S/C64H108O6/c1-4-7-10-13-16-19-22-25-28-30-32-34-36-39-42-45-48-51-54-57-63(66)69-60-61(59-68-62(65)56-53-50-47-44-41-38-35-27-24-21-18-15-12-9-6-3)70-64(67)58-55-52-49-46-43-40-37-33-31-29-26-23-20-17-14-11-8-5-2/h9,12,15,18,21,24,27,29-33,35,37-38,41,61H,4-8,10-11,13-14,16-17,19-20,22-23,25-26,28,34,36,39-40,42-60H2,1-3H3/b12-9-,18-15-,24-21-,31-29-,32-30-,35-27-,37-33-,41-38-. The van der Waals surface area contributed by atoms with Gasteiger partial charge in [-0.25, -0.2) is 0 Å². The van der Waals surface area contributed by atoms with Crippen molar-refractivity contribution in [2.75, 3.05) is 13.2 Å². The Balaban J connectivity index is 4.47. The summed E-state index contributed by atoms with van der Waals surface area (Å²) in [5.41, 5.74) is 0. The molecule has 0 amide bonds. The molecule has 0 rings (SSSR count). The number of allylic oxidation sites excluding steroid dienone is 16. The minimum Gasteiger partial charge on any atom is -0.462 e. The van der Waals surface area contributed by atoms with Crippen LogP contribution >= 0.6 is 0 Å². The Morgan fingerprint density at radius 1 is 0.300 bits per heavy atom. The monoisotopic (exact) mass is 973 g/mol. The molecule has 0 N–H and O–H groups in total. The highest BCUT2D eigenvalue weighted by Crippen LogP contribution is 2.15. The molecule has 0 fully saturated rings. The summed E-state index contributed by atoms with van der Waals surface area (Å²) in [6, 6.07) is 0. The van der Waals surface area contributed by atoms with Crippen molar-refractivity contribution < 1.29 is 28.6 Å². The average Bonchev–Trinajstić information content (AvgIpc) is 3.36. The van der Waals surface area contributed by atoms with E-state index in [1.54, 1.807) is 0 Å². The van der Waals surface area contributed by atoms with E-state index in [1.165, 1.54) is 141 Å². The summed E-state index contributed by atoms with van der Waals surface area (Å²) in [5.74, 6) is -0.959. The molecule has 0 saturated heterocycles. The van der Waals surface area contributed by atoms with Gasteiger partial charge in [-0.2, -0.15) is 0 Å². The lowest BCUT2D eigenvalue weighted by Gasteiger charge is -2.18. The second kappa shape index (κ2) is 57.9. The van der Waals surface area contributed by atoms with Crippen LogP contribution in [0.1, 0.15) is 271 Å². The maximum atomic E-state index is 12.9. The molecular formula is C64H108O6. The second-order valence-corrected chi connectivity index (χ2v) is 19.3. The van der Waals surface area contributed by atoms with Crippen molar-refractivity contribution in [3.05, 3.63) is 97.2 Å². The van der Waals surface area contributed by atoms with E-state index in [1.807, 2.05) is 48.6 Å². The zero-order chi connectivity index (χ0) is 50.7. The van der Waals surface area contributed by atoms with Gasteiger partial charge in [0.1, 0.15) is 13.2 Å². The number of ether oxygens (including phenoxy) is 3. The Bertz CT molecular complexity index is 1400. The lowest BCUT2D eigenvalue weighted by atomic mass is 10.1. The molecule has 0 aliphatic heterocycles. The van der Waals surface area contributed by atoms with Crippen molar-refractivity contribution in [2.45, 2.75) is 277 Å². The van der Waals surface area contributed by atoms with Crippen LogP contribution < -0.4 is 0 Å². The summed E-state index contributed by atoms with van der Waals surface area (Å²) >= 11 is 0. The zero-order valence-electron chi connectivity index (χ0n) is 45.8. The normalized spacial score (nSPS) is 12.8. The first-order chi connectivity index (χ1) is 34.5. The fourth-order valence-electron chi connectivity index (χ4n) is 8.04. The van der Waals surface area contributed by atoms with E-state index in [4.69, 9.17) is 14.2 Å². The van der Waals surface area contributed by atoms with Gasteiger partial charge in [-0.05, 0) is 89.9 Å².